The lowest BCUT2D eigenvalue weighted by Crippen LogP contribution is -2.33. The number of benzene rings is 2. The van der Waals surface area contributed by atoms with Gasteiger partial charge in [-0.1, -0.05) is 18.2 Å². The molecule has 2 aromatic carbocycles. The van der Waals surface area contributed by atoms with Crippen LogP contribution in [0.1, 0.15) is 17.0 Å². The largest absolute Gasteiger partial charge is 0.416 e. The highest BCUT2D eigenvalue weighted by molar-refractivity contribution is 6.08. The Morgan fingerprint density at radius 1 is 1.14 bits per heavy atom. The Balaban J connectivity index is 1.90. The minimum Gasteiger partial charge on any atom is -0.323 e. The average molecular weight is 414 g/mol. The summed E-state index contributed by atoms with van der Waals surface area (Å²) in [4.78, 5) is 30.1. The van der Waals surface area contributed by atoms with Gasteiger partial charge < -0.3 is 5.32 Å². The van der Waals surface area contributed by atoms with Crippen LogP contribution in [0, 0.1) is 17.6 Å². The first-order valence-corrected chi connectivity index (χ1v) is 8.41. The van der Waals surface area contributed by atoms with Gasteiger partial charge in [0.1, 0.15) is 5.92 Å². The van der Waals surface area contributed by atoms with Crippen molar-refractivity contribution in [3.05, 3.63) is 65.2 Å². The van der Waals surface area contributed by atoms with Crippen molar-refractivity contribution in [2.75, 3.05) is 19.0 Å². The van der Waals surface area contributed by atoms with E-state index in [9.17, 15) is 31.5 Å². The molecule has 3 rings (SSSR count). The maximum absolute atomic E-state index is 13.8. The van der Waals surface area contributed by atoms with Crippen molar-refractivity contribution in [2.45, 2.75) is 12.1 Å². The number of anilines is 1. The molecular formula is C19H15F5N2O3. The fourth-order valence-electron chi connectivity index (χ4n) is 3.19. The van der Waals surface area contributed by atoms with Crippen molar-refractivity contribution in [2.24, 2.45) is 5.92 Å². The van der Waals surface area contributed by atoms with Gasteiger partial charge in [-0.15, -0.1) is 0 Å². The van der Waals surface area contributed by atoms with Crippen molar-refractivity contribution in [3.63, 3.8) is 0 Å². The van der Waals surface area contributed by atoms with Crippen LogP contribution < -0.4 is 5.32 Å². The summed E-state index contributed by atoms with van der Waals surface area (Å²) in [5.74, 6) is -6.38. The molecule has 0 bridgehead atoms. The van der Waals surface area contributed by atoms with Crippen LogP contribution in [0.3, 0.4) is 0 Å². The second-order valence-corrected chi connectivity index (χ2v) is 6.38. The van der Waals surface area contributed by atoms with Crippen LogP contribution in [0.4, 0.5) is 27.6 Å². The smallest absolute Gasteiger partial charge is 0.323 e. The van der Waals surface area contributed by atoms with E-state index in [4.69, 9.17) is 4.84 Å². The average Bonchev–Trinajstić information content (AvgIpc) is 3.01. The maximum Gasteiger partial charge on any atom is 0.416 e. The fraction of sp³-hybridized carbons (Fsp3) is 0.263. The molecule has 154 valence electrons. The number of rotatable bonds is 4. The summed E-state index contributed by atoms with van der Waals surface area (Å²) in [7, 11) is 1.20. The van der Waals surface area contributed by atoms with Crippen LogP contribution in [0.5, 0.6) is 0 Å². The number of amides is 2. The minimum atomic E-state index is -4.53. The Bertz CT molecular complexity index is 930. The fourth-order valence-corrected chi connectivity index (χ4v) is 3.19. The van der Waals surface area contributed by atoms with E-state index in [-0.39, 0.29) is 6.54 Å². The number of hydroxylamine groups is 2. The van der Waals surface area contributed by atoms with Gasteiger partial charge in [-0.3, -0.25) is 14.4 Å². The number of nitrogens with zero attached hydrogens (tertiary/aromatic N) is 1. The highest BCUT2D eigenvalue weighted by atomic mass is 19.4. The van der Waals surface area contributed by atoms with E-state index >= 15 is 0 Å². The Kier molecular flexibility index (Phi) is 5.56. The summed E-state index contributed by atoms with van der Waals surface area (Å²) in [5.41, 5.74) is -1.03. The Morgan fingerprint density at radius 3 is 2.38 bits per heavy atom. The highest BCUT2D eigenvalue weighted by Gasteiger charge is 2.46. The van der Waals surface area contributed by atoms with E-state index < -0.39 is 52.7 Å². The molecule has 0 radical (unpaired) electrons. The molecule has 10 heteroatoms. The molecule has 0 unspecified atom stereocenters. The first kappa shape index (κ1) is 20.7. The lowest BCUT2D eigenvalue weighted by atomic mass is 9.87. The topological polar surface area (TPSA) is 58.6 Å². The van der Waals surface area contributed by atoms with Gasteiger partial charge in [-0.05, 0) is 29.8 Å². The molecule has 1 fully saturated rings. The van der Waals surface area contributed by atoms with Gasteiger partial charge in [0.15, 0.2) is 11.6 Å². The summed E-state index contributed by atoms with van der Waals surface area (Å²) in [6.45, 7) is -0.0928. The summed E-state index contributed by atoms with van der Waals surface area (Å²) < 4.78 is 65.6. The summed E-state index contributed by atoms with van der Waals surface area (Å²) in [6, 6.07) is 7.19. The Labute approximate surface area is 162 Å². The van der Waals surface area contributed by atoms with E-state index in [2.05, 4.69) is 5.32 Å². The zero-order valence-corrected chi connectivity index (χ0v) is 15.0. The molecule has 5 nitrogen and oxygen atoms in total. The quantitative estimate of drug-likeness (QED) is 0.613. The Hall–Kier alpha value is -3.01. The predicted molar refractivity (Wildman–Crippen MR) is 91.4 cm³/mol. The first-order chi connectivity index (χ1) is 13.6. The van der Waals surface area contributed by atoms with Crippen molar-refractivity contribution in [1.29, 1.82) is 0 Å². The zero-order valence-electron chi connectivity index (χ0n) is 15.0. The van der Waals surface area contributed by atoms with Crippen LogP contribution >= 0.6 is 0 Å². The third-order valence-electron chi connectivity index (χ3n) is 4.66. The lowest BCUT2D eigenvalue weighted by Gasteiger charge is -2.17. The third kappa shape index (κ3) is 4.07. The van der Waals surface area contributed by atoms with Crippen LogP contribution in [0.25, 0.3) is 0 Å². The van der Waals surface area contributed by atoms with Gasteiger partial charge in [0.25, 0.3) is 5.91 Å². The monoisotopic (exact) mass is 414 g/mol. The first-order valence-electron chi connectivity index (χ1n) is 8.41. The molecule has 0 aromatic heterocycles. The normalized spacial score (nSPS) is 19.5. The molecule has 1 heterocycles. The number of carbonyl (C=O) groups excluding carboxylic acids is 2. The maximum atomic E-state index is 13.8. The molecule has 1 saturated heterocycles. The van der Waals surface area contributed by atoms with Gasteiger partial charge in [0.05, 0.1) is 24.9 Å². The number of carbonyl (C=O) groups is 2. The standard InChI is InChI=1S/C19H15F5N2O3/c1-29-26-9-12(10-5-7-11(8-6-10)19(22,23)24)15(18(26)28)17(27)25-14-4-2-3-13(20)16(14)21/h2-8,12,15H,9H2,1H3,(H,25,27)/t12-,15+/m1/s1. The Morgan fingerprint density at radius 2 is 1.79 bits per heavy atom. The number of hydrogen-bond acceptors (Lipinski definition) is 3. The van der Waals surface area contributed by atoms with E-state index in [1.165, 1.54) is 25.3 Å². The SMILES string of the molecule is CON1C[C@H](c2ccc(C(F)(F)F)cc2)[C@@H](C(=O)Nc2cccc(F)c2F)C1=O. The summed E-state index contributed by atoms with van der Waals surface area (Å²) in [6.07, 6.45) is -4.53. The molecular weight excluding hydrogens is 399 g/mol. The molecule has 2 aromatic rings. The molecule has 0 aliphatic carbocycles. The van der Waals surface area contributed by atoms with E-state index in [1.54, 1.807) is 0 Å². The van der Waals surface area contributed by atoms with Gasteiger partial charge in [0.2, 0.25) is 5.91 Å². The van der Waals surface area contributed by atoms with E-state index in [0.29, 0.717) is 5.56 Å². The zero-order chi connectivity index (χ0) is 21.3. The van der Waals surface area contributed by atoms with Crippen LogP contribution in [0.15, 0.2) is 42.5 Å². The molecule has 1 aliphatic heterocycles. The minimum absolute atomic E-state index is 0.0928. The van der Waals surface area contributed by atoms with E-state index in [1.807, 2.05) is 0 Å². The molecule has 0 spiro atoms. The van der Waals surface area contributed by atoms with Crippen LogP contribution in [0.2, 0.25) is 0 Å². The van der Waals surface area contributed by atoms with Gasteiger partial charge in [-0.25, -0.2) is 13.8 Å². The van der Waals surface area contributed by atoms with Crippen molar-refractivity contribution >= 4 is 17.5 Å². The molecule has 1 aliphatic rings. The molecule has 2 atom stereocenters. The number of halogens is 5. The van der Waals surface area contributed by atoms with Crippen LogP contribution in [-0.4, -0.2) is 30.5 Å². The third-order valence-corrected chi connectivity index (χ3v) is 4.66. The predicted octanol–water partition coefficient (Wildman–Crippen LogP) is 3.73. The molecule has 1 N–H and O–H groups in total. The van der Waals surface area contributed by atoms with Crippen LogP contribution in [-0.2, 0) is 20.6 Å². The number of nitrogens with one attached hydrogen (secondary N) is 1. The second-order valence-electron chi connectivity index (χ2n) is 6.38. The van der Waals surface area contributed by atoms with Crippen molar-refractivity contribution in [3.8, 4) is 0 Å². The van der Waals surface area contributed by atoms with Gasteiger partial charge >= 0.3 is 6.18 Å². The summed E-state index contributed by atoms with van der Waals surface area (Å²) >= 11 is 0. The molecule has 2 amide bonds. The molecule has 0 saturated carbocycles. The summed E-state index contributed by atoms with van der Waals surface area (Å²) in [5, 5.41) is 3.06. The molecule has 29 heavy (non-hydrogen) atoms. The number of hydrogen-bond donors (Lipinski definition) is 1. The van der Waals surface area contributed by atoms with Crippen molar-refractivity contribution < 1.29 is 36.4 Å². The lowest BCUT2D eigenvalue weighted by molar-refractivity contribution is -0.170. The highest BCUT2D eigenvalue weighted by Crippen LogP contribution is 2.37. The van der Waals surface area contributed by atoms with Crippen molar-refractivity contribution in [1.82, 2.24) is 5.06 Å². The van der Waals surface area contributed by atoms with Gasteiger partial charge in [0, 0.05) is 5.92 Å². The second kappa shape index (κ2) is 7.78. The number of alkyl halides is 3. The van der Waals surface area contributed by atoms with E-state index in [0.717, 1.165) is 29.3 Å². The van der Waals surface area contributed by atoms with Gasteiger partial charge in [-0.2, -0.15) is 13.2 Å².